The van der Waals surface area contributed by atoms with Crippen molar-refractivity contribution >= 4 is 23.7 Å². The maximum absolute atomic E-state index is 6.00. The quantitative estimate of drug-likeness (QED) is 0.930. The second kappa shape index (κ2) is 8.02. The predicted octanol–water partition coefficient (Wildman–Crippen LogP) is 3.19. The summed E-state index contributed by atoms with van der Waals surface area (Å²) in [6.45, 7) is 5.32. The first-order valence-corrected chi connectivity index (χ1v) is 8.44. The summed E-state index contributed by atoms with van der Waals surface area (Å²) in [4.78, 5) is 11.6. The molecule has 4 nitrogen and oxygen atoms in total. The van der Waals surface area contributed by atoms with Crippen molar-refractivity contribution in [1.29, 1.82) is 0 Å². The number of pyridine rings is 1. The Balaban J connectivity index is 0.00000176. The molecule has 2 aromatic heterocycles. The number of nitrogens with two attached hydrogens (primary N) is 1. The lowest BCUT2D eigenvalue weighted by molar-refractivity contribution is 0.164. The molecule has 1 aliphatic heterocycles. The zero-order valence-electron chi connectivity index (χ0n) is 12.8. The SMILES string of the molecule is CC(N)C1CCN(Cc2csc(-c3ccccn3)n2)CC1.Cl. The molecule has 2 N–H and O–H groups in total. The number of halogens is 1. The highest BCUT2D eigenvalue weighted by molar-refractivity contribution is 7.13. The van der Waals surface area contributed by atoms with Crippen LogP contribution in [0.25, 0.3) is 10.7 Å². The molecule has 3 heterocycles. The van der Waals surface area contributed by atoms with E-state index in [9.17, 15) is 0 Å². The summed E-state index contributed by atoms with van der Waals surface area (Å²) in [7, 11) is 0. The fraction of sp³-hybridized carbons (Fsp3) is 0.500. The van der Waals surface area contributed by atoms with Crippen LogP contribution in [0.2, 0.25) is 0 Å². The third kappa shape index (κ3) is 4.26. The van der Waals surface area contributed by atoms with Gasteiger partial charge in [0.15, 0.2) is 0 Å². The van der Waals surface area contributed by atoms with Crippen LogP contribution in [0, 0.1) is 5.92 Å². The molecular formula is C16H23ClN4S. The van der Waals surface area contributed by atoms with Crippen LogP contribution in [-0.2, 0) is 6.54 Å². The van der Waals surface area contributed by atoms with E-state index >= 15 is 0 Å². The normalized spacial score (nSPS) is 17.9. The Morgan fingerprint density at radius 1 is 1.36 bits per heavy atom. The lowest BCUT2D eigenvalue weighted by atomic mass is 9.91. The van der Waals surface area contributed by atoms with Gasteiger partial charge in [0.25, 0.3) is 0 Å². The van der Waals surface area contributed by atoms with E-state index in [4.69, 9.17) is 10.7 Å². The number of rotatable bonds is 4. The van der Waals surface area contributed by atoms with E-state index < -0.39 is 0 Å². The lowest BCUT2D eigenvalue weighted by Gasteiger charge is -2.33. The minimum absolute atomic E-state index is 0. The van der Waals surface area contributed by atoms with Gasteiger partial charge in [0, 0.05) is 24.2 Å². The van der Waals surface area contributed by atoms with Gasteiger partial charge in [-0.05, 0) is 50.9 Å². The molecule has 6 heteroatoms. The minimum Gasteiger partial charge on any atom is -0.328 e. The molecule has 22 heavy (non-hydrogen) atoms. The van der Waals surface area contributed by atoms with Gasteiger partial charge in [0.1, 0.15) is 5.01 Å². The molecule has 3 rings (SSSR count). The van der Waals surface area contributed by atoms with Crippen molar-refractivity contribution in [2.45, 2.75) is 32.4 Å². The Kier molecular flexibility index (Phi) is 6.32. The number of nitrogens with zero attached hydrogens (tertiary/aromatic N) is 3. The number of hydrogen-bond donors (Lipinski definition) is 1. The standard InChI is InChI=1S/C16H22N4S.ClH/c1-12(17)13-5-8-20(9-6-13)10-14-11-21-16(19-14)15-4-2-3-7-18-15;/h2-4,7,11-13H,5-6,8-10,17H2,1H3;1H. The van der Waals surface area contributed by atoms with E-state index in [2.05, 4.69) is 22.2 Å². The van der Waals surface area contributed by atoms with Crippen LogP contribution in [0.5, 0.6) is 0 Å². The second-order valence-electron chi connectivity index (χ2n) is 5.83. The number of thiazole rings is 1. The zero-order chi connectivity index (χ0) is 14.7. The number of likely N-dealkylation sites (tertiary alicyclic amines) is 1. The van der Waals surface area contributed by atoms with E-state index in [-0.39, 0.29) is 12.4 Å². The highest BCUT2D eigenvalue weighted by Gasteiger charge is 2.22. The van der Waals surface area contributed by atoms with Crippen molar-refractivity contribution in [3.8, 4) is 10.7 Å². The summed E-state index contributed by atoms with van der Waals surface area (Å²) in [6.07, 6.45) is 4.22. The van der Waals surface area contributed by atoms with Crippen molar-refractivity contribution in [1.82, 2.24) is 14.9 Å². The Morgan fingerprint density at radius 2 is 2.14 bits per heavy atom. The van der Waals surface area contributed by atoms with Gasteiger partial charge in [-0.25, -0.2) is 4.98 Å². The topological polar surface area (TPSA) is 55.0 Å². The Morgan fingerprint density at radius 3 is 2.77 bits per heavy atom. The van der Waals surface area contributed by atoms with E-state index in [1.807, 2.05) is 24.4 Å². The van der Waals surface area contributed by atoms with Crippen LogP contribution < -0.4 is 5.73 Å². The Bertz CT molecular complexity index is 565. The Hall–Kier alpha value is -1.01. The number of piperidine rings is 1. The monoisotopic (exact) mass is 338 g/mol. The third-order valence-corrected chi connectivity index (χ3v) is 5.11. The molecule has 1 aliphatic rings. The van der Waals surface area contributed by atoms with E-state index in [0.717, 1.165) is 36.0 Å². The average molecular weight is 339 g/mol. The van der Waals surface area contributed by atoms with E-state index in [1.54, 1.807) is 11.3 Å². The predicted molar refractivity (Wildman–Crippen MR) is 94.2 cm³/mol. The summed E-state index contributed by atoms with van der Waals surface area (Å²) in [5.74, 6) is 0.681. The molecule has 1 unspecified atom stereocenters. The van der Waals surface area contributed by atoms with E-state index in [1.165, 1.54) is 12.8 Å². The third-order valence-electron chi connectivity index (χ3n) is 4.20. The molecule has 0 spiro atoms. The summed E-state index contributed by atoms with van der Waals surface area (Å²) in [6, 6.07) is 6.27. The summed E-state index contributed by atoms with van der Waals surface area (Å²) in [5.41, 5.74) is 8.11. The molecule has 2 aromatic rings. The van der Waals surface area contributed by atoms with Crippen molar-refractivity contribution in [3.05, 3.63) is 35.5 Å². The highest BCUT2D eigenvalue weighted by Crippen LogP contribution is 2.24. The molecule has 1 fully saturated rings. The van der Waals surface area contributed by atoms with Crippen molar-refractivity contribution in [2.75, 3.05) is 13.1 Å². The van der Waals surface area contributed by atoms with Gasteiger partial charge in [0.2, 0.25) is 0 Å². The molecule has 120 valence electrons. The van der Waals surface area contributed by atoms with E-state index in [0.29, 0.717) is 12.0 Å². The highest BCUT2D eigenvalue weighted by atomic mass is 35.5. The first-order valence-electron chi connectivity index (χ1n) is 7.56. The average Bonchev–Trinajstić information content (AvgIpc) is 2.97. The van der Waals surface area contributed by atoms with Crippen molar-refractivity contribution in [2.24, 2.45) is 11.7 Å². The van der Waals surface area contributed by atoms with Gasteiger partial charge in [-0.1, -0.05) is 6.07 Å². The molecule has 1 atom stereocenters. The zero-order valence-corrected chi connectivity index (χ0v) is 14.4. The van der Waals surface area contributed by atoms with Crippen LogP contribution in [0.4, 0.5) is 0 Å². The minimum atomic E-state index is 0. The maximum atomic E-state index is 6.00. The smallest absolute Gasteiger partial charge is 0.142 e. The van der Waals surface area contributed by atoms with Crippen LogP contribution in [0.1, 0.15) is 25.5 Å². The molecule has 1 saturated heterocycles. The van der Waals surface area contributed by atoms with Crippen LogP contribution in [-0.4, -0.2) is 34.0 Å². The van der Waals surface area contributed by atoms with Gasteiger partial charge < -0.3 is 5.73 Å². The summed E-state index contributed by atoms with van der Waals surface area (Å²) >= 11 is 1.68. The van der Waals surface area contributed by atoms with Crippen LogP contribution >= 0.6 is 23.7 Å². The molecular weight excluding hydrogens is 316 g/mol. The molecule has 0 radical (unpaired) electrons. The summed E-state index contributed by atoms with van der Waals surface area (Å²) < 4.78 is 0. The number of hydrogen-bond acceptors (Lipinski definition) is 5. The molecule has 0 bridgehead atoms. The van der Waals surface area contributed by atoms with Crippen LogP contribution in [0.15, 0.2) is 29.8 Å². The van der Waals surface area contributed by atoms with Gasteiger partial charge >= 0.3 is 0 Å². The maximum Gasteiger partial charge on any atom is 0.142 e. The van der Waals surface area contributed by atoms with Gasteiger partial charge in [-0.15, -0.1) is 23.7 Å². The molecule has 0 aliphatic carbocycles. The van der Waals surface area contributed by atoms with Gasteiger partial charge in [0.05, 0.1) is 11.4 Å². The fourth-order valence-electron chi connectivity index (χ4n) is 2.85. The van der Waals surface area contributed by atoms with Gasteiger partial charge in [-0.2, -0.15) is 0 Å². The fourth-order valence-corrected chi connectivity index (χ4v) is 3.64. The molecule has 0 aromatic carbocycles. The second-order valence-corrected chi connectivity index (χ2v) is 6.69. The van der Waals surface area contributed by atoms with Gasteiger partial charge in [-0.3, -0.25) is 9.88 Å². The van der Waals surface area contributed by atoms with Crippen molar-refractivity contribution < 1.29 is 0 Å². The molecule has 0 saturated carbocycles. The first-order chi connectivity index (χ1) is 10.2. The molecule has 0 amide bonds. The summed E-state index contributed by atoms with van der Waals surface area (Å²) in [5, 5.41) is 3.16. The largest absolute Gasteiger partial charge is 0.328 e. The first kappa shape index (κ1) is 17.3. The van der Waals surface area contributed by atoms with Crippen LogP contribution in [0.3, 0.4) is 0 Å². The number of aromatic nitrogens is 2. The Labute approximate surface area is 142 Å². The van der Waals surface area contributed by atoms with Crippen molar-refractivity contribution in [3.63, 3.8) is 0 Å². The lowest BCUT2D eigenvalue weighted by Crippen LogP contribution is -2.39.